The Labute approximate surface area is 154 Å². The summed E-state index contributed by atoms with van der Waals surface area (Å²) in [7, 11) is 0. The summed E-state index contributed by atoms with van der Waals surface area (Å²) in [5.41, 5.74) is 1.36. The van der Waals surface area contributed by atoms with Crippen LogP contribution in [0.2, 0.25) is 0 Å². The van der Waals surface area contributed by atoms with Crippen molar-refractivity contribution in [3.8, 4) is 0 Å². The maximum Gasteiger partial charge on any atom is 0.223 e. The van der Waals surface area contributed by atoms with E-state index in [9.17, 15) is 0 Å². The van der Waals surface area contributed by atoms with E-state index in [1.54, 1.807) is 6.92 Å². The minimum atomic E-state index is 0.386. The number of aliphatic imine (C=N–C) groups is 1. The molecule has 2 aromatic rings. The molecule has 0 saturated carbocycles. The summed E-state index contributed by atoms with van der Waals surface area (Å²) in [6, 6.07) is 11.0. The number of aromatic nitrogens is 2. The Morgan fingerprint density at radius 1 is 1.35 bits per heavy atom. The third kappa shape index (κ3) is 5.56. The molecule has 0 amide bonds. The fraction of sp³-hybridized carbons (Fsp3) is 0.526. The molecule has 1 fully saturated rings. The Morgan fingerprint density at radius 3 is 2.92 bits per heavy atom. The maximum absolute atomic E-state index is 5.00. The first kappa shape index (κ1) is 18.4. The van der Waals surface area contributed by atoms with Gasteiger partial charge in [-0.1, -0.05) is 35.5 Å². The number of nitrogens with zero attached hydrogens (tertiary/aromatic N) is 4. The lowest BCUT2D eigenvalue weighted by molar-refractivity contribution is 0.192. The highest BCUT2D eigenvalue weighted by molar-refractivity contribution is 5.80. The lowest BCUT2D eigenvalue weighted by atomic mass is 10.0. The molecule has 140 valence electrons. The van der Waals surface area contributed by atoms with Gasteiger partial charge in [0.1, 0.15) is 6.54 Å². The normalized spacial score (nSPS) is 18.7. The van der Waals surface area contributed by atoms with Crippen LogP contribution >= 0.6 is 0 Å². The summed E-state index contributed by atoms with van der Waals surface area (Å²) in [5, 5.41) is 10.8. The zero-order valence-corrected chi connectivity index (χ0v) is 15.6. The van der Waals surface area contributed by atoms with Crippen molar-refractivity contribution in [2.45, 2.75) is 45.8 Å². The van der Waals surface area contributed by atoms with Gasteiger partial charge in [-0.05, 0) is 31.9 Å². The largest absolute Gasteiger partial charge is 0.357 e. The predicted octanol–water partition coefficient (Wildman–Crippen LogP) is 2.10. The fourth-order valence-corrected chi connectivity index (χ4v) is 3.23. The fourth-order valence-electron chi connectivity index (χ4n) is 3.23. The van der Waals surface area contributed by atoms with Crippen LogP contribution in [0, 0.1) is 6.92 Å². The van der Waals surface area contributed by atoms with Gasteiger partial charge in [0, 0.05) is 32.6 Å². The Hall–Kier alpha value is -2.41. The predicted molar refractivity (Wildman–Crippen MR) is 102 cm³/mol. The van der Waals surface area contributed by atoms with Crippen LogP contribution in [0.1, 0.15) is 37.0 Å². The van der Waals surface area contributed by atoms with E-state index in [0.29, 0.717) is 24.3 Å². The molecule has 0 spiro atoms. The van der Waals surface area contributed by atoms with Gasteiger partial charge in [0.15, 0.2) is 11.8 Å². The van der Waals surface area contributed by atoms with Gasteiger partial charge in [0.05, 0.1) is 0 Å². The molecule has 1 aromatic carbocycles. The SMILES string of the molecule is CCNC(=NCc1noc(C)n1)NC1CCCN(Cc2ccccc2)C1. The Kier molecular flexibility index (Phi) is 6.60. The molecule has 2 heterocycles. The smallest absolute Gasteiger partial charge is 0.223 e. The number of piperidine rings is 1. The molecular weight excluding hydrogens is 328 g/mol. The van der Waals surface area contributed by atoms with Gasteiger partial charge in [0.2, 0.25) is 5.89 Å². The summed E-state index contributed by atoms with van der Waals surface area (Å²) in [5.74, 6) is 1.98. The molecule has 7 heteroatoms. The van der Waals surface area contributed by atoms with Gasteiger partial charge in [0.25, 0.3) is 0 Å². The third-order valence-corrected chi connectivity index (χ3v) is 4.39. The molecule has 0 aliphatic carbocycles. The molecule has 1 aromatic heterocycles. The summed E-state index contributed by atoms with van der Waals surface area (Å²) in [6.45, 7) is 8.23. The van der Waals surface area contributed by atoms with Gasteiger partial charge in [-0.15, -0.1) is 0 Å². The van der Waals surface area contributed by atoms with Crippen molar-refractivity contribution >= 4 is 5.96 Å². The zero-order chi connectivity index (χ0) is 18.2. The summed E-state index contributed by atoms with van der Waals surface area (Å²) in [4.78, 5) is 11.3. The van der Waals surface area contributed by atoms with Crippen LogP contribution in [0.4, 0.5) is 0 Å². The highest BCUT2D eigenvalue weighted by atomic mass is 16.5. The second-order valence-electron chi connectivity index (χ2n) is 6.63. The van der Waals surface area contributed by atoms with E-state index >= 15 is 0 Å². The van der Waals surface area contributed by atoms with Crippen molar-refractivity contribution in [3.63, 3.8) is 0 Å². The average molecular weight is 356 g/mol. The van der Waals surface area contributed by atoms with Crippen LogP contribution < -0.4 is 10.6 Å². The standard InChI is InChI=1S/C19H28N6O/c1-3-20-19(21-12-18-22-15(2)26-24-18)23-17-10-7-11-25(14-17)13-16-8-5-4-6-9-16/h4-6,8-9,17H,3,7,10-14H2,1-2H3,(H2,20,21,23). The Bertz CT molecular complexity index is 699. The second-order valence-corrected chi connectivity index (χ2v) is 6.63. The van der Waals surface area contributed by atoms with E-state index in [0.717, 1.165) is 38.6 Å². The highest BCUT2D eigenvalue weighted by Gasteiger charge is 2.20. The molecule has 2 N–H and O–H groups in total. The minimum Gasteiger partial charge on any atom is -0.357 e. The zero-order valence-electron chi connectivity index (χ0n) is 15.6. The number of hydrogen-bond donors (Lipinski definition) is 2. The Balaban J connectivity index is 1.55. The second kappa shape index (κ2) is 9.33. The molecule has 26 heavy (non-hydrogen) atoms. The van der Waals surface area contributed by atoms with E-state index in [1.165, 1.54) is 12.0 Å². The van der Waals surface area contributed by atoms with Gasteiger partial charge in [-0.25, -0.2) is 4.99 Å². The number of benzene rings is 1. The number of likely N-dealkylation sites (tertiary alicyclic amines) is 1. The van der Waals surface area contributed by atoms with E-state index in [2.05, 4.69) is 67.9 Å². The molecule has 0 bridgehead atoms. The van der Waals surface area contributed by atoms with Crippen LogP contribution in [0.25, 0.3) is 0 Å². The van der Waals surface area contributed by atoms with E-state index in [-0.39, 0.29) is 0 Å². The average Bonchev–Trinajstić information content (AvgIpc) is 3.06. The third-order valence-electron chi connectivity index (χ3n) is 4.39. The number of guanidine groups is 1. The van der Waals surface area contributed by atoms with E-state index in [1.807, 2.05) is 0 Å². The number of rotatable bonds is 6. The summed E-state index contributed by atoms with van der Waals surface area (Å²) < 4.78 is 5.00. The summed E-state index contributed by atoms with van der Waals surface area (Å²) >= 11 is 0. The topological polar surface area (TPSA) is 78.6 Å². The van der Waals surface area contributed by atoms with Crippen molar-refractivity contribution in [2.24, 2.45) is 4.99 Å². The first-order valence-electron chi connectivity index (χ1n) is 9.33. The monoisotopic (exact) mass is 356 g/mol. The molecule has 1 saturated heterocycles. The van der Waals surface area contributed by atoms with E-state index in [4.69, 9.17) is 4.52 Å². The van der Waals surface area contributed by atoms with Crippen LogP contribution in [-0.2, 0) is 13.1 Å². The van der Waals surface area contributed by atoms with Gasteiger partial charge < -0.3 is 15.2 Å². The first-order chi connectivity index (χ1) is 12.7. The van der Waals surface area contributed by atoms with Crippen molar-refractivity contribution in [1.29, 1.82) is 0 Å². The van der Waals surface area contributed by atoms with Crippen LogP contribution in [0.3, 0.4) is 0 Å². The molecule has 1 unspecified atom stereocenters. The van der Waals surface area contributed by atoms with Crippen molar-refractivity contribution in [1.82, 2.24) is 25.7 Å². The molecule has 3 rings (SSSR count). The minimum absolute atomic E-state index is 0.386. The molecule has 7 nitrogen and oxygen atoms in total. The van der Waals surface area contributed by atoms with Crippen molar-refractivity contribution < 1.29 is 4.52 Å². The summed E-state index contributed by atoms with van der Waals surface area (Å²) in [6.07, 6.45) is 2.34. The molecule has 1 aliphatic heterocycles. The van der Waals surface area contributed by atoms with Crippen molar-refractivity contribution in [3.05, 3.63) is 47.6 Å². The first-order valence-corrected chi connectivity index (χ1v) is 9.33. The van der Waals surface area contributed by atoms with Gasteiger partial charge in [-0.2, -0.15) is 4.98 Å². The van der Waals surface area contributed by atoms with Crippen LogP contribution in [-0.4, -0.2) is 46.7 Å². The molecular formula is C19H28N6O. The van der Waals surface area contributed by atoms with Crippen LogP contribution in [0.5, 0.6) is 0 Å². The quantitative estimate of drug-likeness (QED) is 0.610. The van der Waals surface area contributed by atoms with E-state index < -0.39 is 0 Å². The number of hydrogen-bond acceptors (Lipinski definition) is 5. The number of aryl methyl sites for hydroxylation is 1. The van der Waals surface area contributed by atoms with Gasteiger partial charge >= 0.3 is 0 Å². The van der Waals surface area contributed by atoms with Crippen LogP contribution in [0.15, 0.2) is 39.8 Å². The van der Waals surface area contributed by atoms with Gasteiger partial charge in [-0.3, -0.25) is 4.90 Å². The lowest BCUT2D eigenvalue weighted by Gasteiger charge is -2.34. The number of nitrogens with one attached hydrogen (secondary N) is 2. The molecule has 1 atom stereocenters. The van der Waals surface area contributed by atoms with Crippen molar-refractivity contribution in [2.75, 3.05) is 19.6 Å². The Morgan fingerprint density at radius 2 is 2.19 bits per heavy atom. The molecule has 1 aliphatic rings. The maximum atomic E-state index is 5.00. The lowest BCUT2D eigenvalue weighted by Crippen LogP contribution is -2.51. The highest BCUT2D eigenvalue weighted by Crippen LogP contribution is 2.13. The molecule has 0 radical (unpaired) electrons.